The number of hydrogen-bond acceptors (Lipinski definition) is 4. The number of para-hydroxylation sites is 1. The third-order valence-corrected chi connectivity index (χ3v) is 2.93. The number of likely N-dealkylation sites (N-methyl/N-ethyl adjacent to an activating group) is 1. The van der Waals surface area contributed by atoms with Crippen LogP contribution in [-0.2, 0) is 14.3 Å². The van der Waals surface area contributed by atoms with Gasteiger partial charge in [0.05, 0.1) is 19.7 Å². The predicted octanol–water partition coefficient (Wildman–Crippen LogP) is 1.51. The van der Waals surface area contributed by atoms with Crippen molar-refractivity contribution in [2.24, 2.45) is 0 Å². The average Bonchev–Trinajstić information content (AvgIpc) is 2.44. The Balaban J connectivity index is 2.61. The Kier molecular flexibility index (Phi) is 6.02. The van der Waals surface area contributed by atoms with E-state index in [9.17, 15) is 9.59 Å². The molecule has 1 N–H and O–H groups in total. The van der Waals surface area contributed by atoms with E-state index in [1.165, 1.54) is 7.11 Å². The number of nitrogens with zero attached hydrogens (tertiary/aromatic N) is 1. The van der Waals surface area contributed by atoms with Gasteiger partial charge < -0.3 is 10.1 Å². The van der Waals surface area contributed by atoms with E-state index in [-0.39, 0.29) is 18.4 Å². The highest BCUT2D eigenvalue weighted by atomic mass is 16.5. The second kappa shape index (κ2) is 7.53. The molecule has 1 aromatic carbocycles. The number of carbonyl (C=O) groups excluding carboxylic acids is 2. The van der Waals surface area contributed by atoms with Crippen LogP contribution in [-0.4, -0.2) is 43.0 Å². The highest BCUT2D eigenvalue weighted by Crippen LogP contribution is 2.08. The first-order chi connectivity index (χ1) is 9.08. The van der Waals surface area contributed by atoms with Gasteiger partial charge in [0.25, 0.3) is 0 Å². The Morgan fingerprint density at radius 3 is 2.47 bits per heavy atom. The fourth-order valence-electron chi connectivity index (χ4n) is 1.69. The van der Waals surface area contributed by atoms with Crippen molar-refractivity contribution in [3.05, 3.63) is 30.3 Å². The number of esters is 1. The summed E-state index contributed by atoms with van der Waals surface area (Å²) in [6.07, 6.45) is 0. The first kappa shape index (κ1) is 15.2. The van der Waals surface area contributed by atoms with Crippen LogP contribution in [0.25, 0.3) is 0 Å². The molecule has 1 atom stereocenters. The van der Waals surface area contributed by atoms with Gasteiger partial charge in [-0.3, -0.25) is 14.5 Å². The summed E-state index contributed by atoms with van der Waals surface area (Å²) in [7, 11) is 1.34. The van der Waals surface area contributed by atoms with Crippen LogP contribution in [0.2, 0.25) is 0 Å². The maximum absolute atomic E-state index is 12.1. The van der Waals surface area contributed by atoms with Crippen molar-refractivity contribution < 1.29 is 14.3 Å². The van der Waals surface area contributed by atoms with Gasteiger partial charge in [-0.1, -0.05) is 25.1 Å². The van der Waals surface area contributed by atoms with Crippen LogP contribution in [0.1, 0.15) is 13.8 Å². The smallest absolute Gasteiger partial charge is 0.319 e. The number of hydrogen-bond donors (Lipinski definition) is 1. The predicted molar refractivity (Wildman–Crippen MR) is 73.8 cm³/mol. The summed E-state index contributed by atoms with van der Waals surface area (Å²) in [6, 6.07) is 8.83. The first-order valence-corrected chi connectivity index (χ1v) is 6.25. The Labute approximate surface area is 113 Å². The lowest BCUT2D eigenvalue weighted by Crippen LogP contribution is -2.44. The van der Waals surface area contributed by atoms with Gasteiger partial charge in [-0.2, -0.15) is 0 Å². The van der Waals surface area contributed by atoms with E-state index >= 15 is 0 Å². The van der Waals surface area contributed by atoms with Crippen molar-refractivity contribution in [3.8, 4) is 0 Å². The minimum atomic E-state index is -0.399. The molecule has 0 aliphatic heterocycles. The molecule has 0 heterocycles. The Morgan fingerprint density at radius 1 is 1.32 bits per heavy atom. The maximum atomic E-state index is 12.1. The summed E-state index contributed by atoms with van der Waals surface area (Å²) >= 11 is 0. The van der Waals surface area contributed by atoms with Crippen molar-refractivity contribution in [1.82, 2.24) is 4.90 Å². The highest BCUT2D eigenvalue weighted by Gasteiger charge is 2.22. The van der Waals surface area contributed by atoms with Crippen LogP contribution in [0.4, 0.5) is 5.69 Å². The van der Waals surface area contributed by atoms with Crippen molar-refractivity contribution >= 4 is 17.6 Å². The molecule has 1 amide bonds. The molecule has 0 aliphatic rings. The van der Waals surface area contributed by atoms with Gasteiger partial charge in [0.2, 0.25) is 5.91 Å². The second-order valence-electron chi connectivity index (χ2n) is 4.17. The molecule has 0 fully saturated rings. The van der Waals surface area contributed by atoms with E-state index in [0.29, 0.717) is 6.54 Å². The molecule has 19 heavy (non-hydrogen) atoms. The van der Waals surface area contributed by atoms with Gasteiger partial charge in [-0.25, -0.2) is 0 Å². The molecule has 104 valence electrons. The Hall–Kier alpha value is -1.88. The molecule has 0 saturated carbocycles. The second-order valence-corrected chi connectivity index (χ2v) is 4.17. The summed E-state index contributed by atoms with van der Waals surface area (Å²) in [6.45, 7) is 4.37. The molecule has 0 bridgehead atoms. The third kappa shape index (κ3) is 4.71. The molecule has 5 nitrogen and oxygen atoms in total. The molecule has 0 aromatic heterocycles. The maximum Gasteiger partial charge on any atom is 0.319 e. The normalized spacial score (nSPS) is 12.0. The number of benzene rings is 1. The zero-order valence-corrected chi connectivity index (χ0v) is 11.6. The van der Waals surface area contributed by atoms with Gasteiger partial charge in [0, 0.05) is 5.69 Å². The number of nitrogens with one attached hydrogen (secondary N) is 1. The van der Waals surface area contributed by atoms with Gasteiger partial charge in [0.1, 0.15) is 0 Å². The van der Waals surface area contributed by atoms with Gasteiger partial charge in [-0.05, 0) is 25.6 Å². The summed E-state index contributed by atoms with van der Waals surface area (Å²) in [5, 5.41) is 2.82. The molecule has 0 aliphatic carbocycles. The molecule has 0 saturated heterocycles. The lowest BCUT2D eigenvalue weighted by Gasteiger charge is -2.25. The molecule has 1 aromatic rings. The van der Waals surface area contributed by atoms with E-state index in [1.807, 2.05) is 37.3 Å². The van der Waals surface area contributed by atoms with Crippen molar-refractivity contribution in [2.45, 2.75) is 19.9 Å². The molecule has 1 rings (SSSR count). The van der Waals surface area contributed by atoms with Crippen LogP contribution >= 0.6 is 0 Å². The number of methoxy groups -OCH3 is 1. The van der Waals surface area contributed by atoms with Crippen LogP contribution in [0.15, 0.2) is 30.3 Å². The monoisotopic (exact) mass is 264 g/mol. The van der Waals surface area contributed by atoms with E-state index in [0.717, 1.165) is 5.69 Å². The number of anilines is 1. The average molecular weight is 264 g/mol. The lowest BCUT2D eigenvalue weighted by molar-refractivity contribution is -0.142. The fraction of sp³-hybridized carbons (Fsp3) is 0.429. The van der Waals surface area contributed by atoms with Crippen molar-refractivity contribution in [2.75, 3.05) is 25.5 Å². The van der Waals surface area contributed by atoms with Crippen molar-refractivity contribution in [3.63, 3.8) is 0 Å². The topological polar surface area (TPSA) is 58.6 Å². The number of amides is 1. The van der Waals surface area contributed by atoms with Gasteiger partial charge in [-0.15, -0.1) is 0 Å². The standard InChI is InChI=1S/C14H20N2O3/c1-4-16(10-13(17)19-3)11(2)14(18)15-12-8-6-5-7-9-12/h5-9,11H,4,10H2,1-3H3,(H,15,18). The SMILES string of the molecule is CCN(CC(=O)OC)C(C)C(=O)Nc1ccccc1. The minimum absolute atomic E-state index is 0.108. The molecular formula is C14H20N2O3. The van der Waals surface area contributed by atoms with Crippen LogP contribution in [0.5, 0.6) is 0 Å². The number of ether oxygens (including phenoxy) is 1. The number of carbonyl (C=O) groups is 2. The van der Waals surface area contributed by atoms with Gasteiger partial charge in [0.15, 0.2) is 0 Å². The molecule has 0 spiro atoms. The van der Waals surface area contributed by atoms with E-state index < -0.39 is 6.04 Å². The lowest BCUT2D eigenvalue weighted by atomic mass is 10.2. The van der Waals surface area contributed by atoms with Crippen LogP contribution in [0, 0.1) is 0 Å². The van der Waals surface area contributed by atoms with Crippen molar-refractivity contribution in [1.29, 1.82) is 0 Å². The molecule has 0 radical (unpaired) electrons. The van der Waals surface area contributed by atoms with E-state index in [1.54, 1.807) is 11.8 Å². The third-order valence-electron chi connectivity index (χ3n) is 2.93. The minimum Gasteiger partial charge on any atom is -0.468 e. The summed E-state index contributed by atoms with van der Waals surface area (Å²) in [5.41, 5.74) is 0.744. The van der Waals surface area contributed by atoms with E-state index in [4.69, 9.17) is 0 Å². The zero-order chi connectivity index (χ0) is 14.3. The van der Waals surface area contributed by atoms with Crippen LogP contribution in [0.3, 0.4) is 0 Å². The Bertz CT molecular complexity index is 420. The van der Waals surface area contributed by atoms with Gasteiger partial charge >= 0.3 is 5.97 Å². The summed E-state index contributed by atoms with van der Waals surface area (Å²) < 4.78 is 4.62. The molecule has 1 unspecified atom stereocenters. The first-order valence-electron chi connectivity index (χ1n) is 6.25. The Morgan fingerprint density at radius 2 is 1.95 bits per heavy atom. The fourth-order valence-corrected chi connectivity index (χ4v) is 1.69. The molecular weight excluding hydrogens is 244 g/mol. The molecule has 5 heteroatoms. The number of rotatable bonds is 6. The van der Waals surface area contributed by atoms with E-state index in [2.05, 4.69) is 10.1 Å². The largest absolute Gasteiger partial charge is 0.468 e. The summed E-state index contributed by atoms with van der Waals surface area (Å²) in [4.78, 5) is 25.1. The summed E-state index contributed by atoms with van der Waals surface area (Å²) in [5.74, 6) is -0.488. The quantitative estimate of drug-likeness (QED) is 0.791. The highest BCUT2D eigenvalue weighted by molar-refractivity contribution is 5.94. The zero-order valence-electron chi connectivity index (χ0n) is 11.6. The van der Waals surface area contributed by atoms with Crippen LogP contribution < -0.4 is 5.32 Å².